The molecule has 6 N–H and O–H groups in total. The van der Waals surface area contributed by atoms with Crippen molar-refractivity contribution in [3.63, 3.8) is 0 Å². The first-order valence-electron chi connectivity index (χ1n) is 14.7. The third-order valence-corrected chi connectivity index (χ3v) is 12.2. The minimum absolute atomic E-state index is 0.0667. The van der Waals surface area contributed by atoms with Crippen LogP contribution in [0.2, 0.25) is 0 Å². The number of esters is 1. The Balaban J connectivity index is 1.22. The van der Waals surface area contributed by atoms with E-state index in [1.807, 2.05) is 0 Å². The number of cyclic esters (lactones) is 1. The molecule has 6 aliphatic rings. The number of ether oxygens (including phenoxy) is 3. The summed E-state index contributed by atoms with van der Waals surface area (Å²) >= 11 is 0. The minimum Gasteiger partial charge on any atom is -0.458 e. The van der Waals surface area contributed by atoms with Gasteiger partial charge in [-0.25, -0.2) is 4.79 Å². The molecule has 39 heavy (non-hydrogen) atoms. The van der Waals surface area contributed by atoms with Crippen LogP contribution in [0.4, 0.5) is 0 Å². The zero-order valence-electron chi connectivity index (χ0n) is 22.9. The molecule has 4 aliphatic carbocycles. The molecule has 0 unspecified atom stereocenters. The number of fused-ring (bicyclic) bond motifs is 5. The topological polar surface area (TPSA) is 166 Å². The molecule has 13 atom stereocenters. The largest absolute Gasteiger partial charge is 0.458 e. The number of hydrogen-bond donors (Lipinski definition) is 6. The first kappa shape index (κ1) is 28.0. The average molecular weight is 553 g/mol. The van der Waals surface area contributed by atoms with Gasteiger partial charge in [-0.15, -0.1) is 0 Å². The Hall–Kier alpha value is -1.11. The van der Waals surface area contributed by atoms with Crippen LogP contribution in [-0.4, -0.2) is 97.8 Å². The maximum Gasteiger partial charge on any atom is 0.331 e. The van der Waals surface area contributed by atoms with Crippen LogP contribution < -0.4 is 0 Å². The second-order valence-corrected chi connectivity index (χ2v) is 13.6. The van der Waals surface area contributed by atoms with Gasteiger partial charge in [0.2, 0.25) is 0 Å². The van der Waals surface area contributed by atoms with Crippen LogP contribution >= 0.6 is 0 Å². The van der Waals surface area contributed by atoms with E-state index in [1.54, 1.807) is 13.0 Å². The van der Waals surface area contributed by atoms with Crippen molar-refractivity contribution in [3.05, 3.63) is 11.6 Å². The van der Waals surface area contributed by atoms with Gasteiger partial charge in [0.15, 0.2) is 6.29 Å². The van der Waals surface area contributed by atoms with Crippen molar-refractivity contribution in [3.8, 4) is 0 Å². The van der Waals surface area contributed by atoms with Gasteiger partial charge in [-0.1, -0.05) is 6.92 Å². The number of carbonyl (C=O) groups excluding carboxylic acids is 1. The quantitative estimate of drug-likeness (QED) is 0.214. The molecule has 6 rings (SSSR count). The SMILES string of the molecule is C[C@H]1O[C@H](O[C@H]2CC[C@]3(CO)[C@H]4CC[C@]5(C)[C@@H](C6=CC(=O)OC6)CC[C@]5(O)[C@H]4CC[C@]3(O)C2)[C@H](O)[C@@H](O)[C@@H]1O. The zero-order valence-corrected chi connectivity index (χ0v) is 22.9. The maximum atomic E-state index is 12.4. The van der Waals surface area contributed by atoms with E-state index in [-0.39, 0.29) is 36.8 Å². The second kappa shape index (κ2) is 9.46. The maximum absolute atomic E-state index is 12.4. The monoisotopic (exact) mass is 552 g/mol. The lowest BCUT2D eigenvalue weighted by atomic mass is 9.41. The zero-order chi connectivity index (χ0) is 28.0. The van der Waals surface area contributed by atoms with E-state index in [1.165, 1.54) is 0 Å². The highest BCUT2D eigenvalue weighted by molar-refractivity contribution is 5.85. The van der Waals surface area contributed by atoms with Gasteiger partial charge in [0.25, 0.3) is 0 Å². The molecule has 10 nitrogen and oxygen atoms in total. The molecule has 0 aromatic carbocycles. The van der Waals surface area contributed by atoms with E-state index in [2.05, 4.69) is 6.92 Å². The Kier molecular flexibility index (Phi) is 6.80. The molecule has 0 spiro atoms. The van der Waals surface area contributed by atoms with Crippen molar-refractivity contribution < 1.29 is 49.6 Å². The summed E-state index contributed by atoms with van der Waals surface area (Å²) < 4.78 is 16.9. The smallest absolute Gasteiger partial charge is 0.331 e. The van der Waals surface area contributed by atoms with Crippen LogP contribution in [0.15, 0.2) is 11.6 Å². The Morgan fingerprint density at radius 2 is 1.72 bits per heavy atom. The lowest BCUT2D eigenvalue weighted by Gasteiger charge is -2.66. The van der Waals surface area contributed by atoms with Crippen LogP contribution in [0.1, 0.15) is 71.6 Å². The third kappa shape index (κ3) is 3.86. The average Bonchev–Trinajstić information content (AvgIpc) is 3.45. The van der Waals surface area contributed by atoms with Crippen molar-refractivity contribution in [1.29, 1.82) is 0 Å². The molecule has 0 aromatic rings. The van der Waals surface area contributed by atoms with Gasteiger partial charge in [-0.3, -0.25) is 0 Å². The number of hydrogen-bond acceptors (Lipinski definition) is 10. The first-order valence-corrected chi connectivity index (χ1v) is 14.7. The summed E-state index contributed by atoms with van der Waals surface area (Å²) in [4.78, 5) is 11.8. The van der Waals surface area contributed by atoms with E-state index >= 15 is 0 Å². The van der Waals surface area contributed by atoms with Crippen LogP contribution in [0.25, 0.3) is 0 Å². The molecule has 220 valence electrons. The first-order chi connectivity index (χ1) is 18.4. The van der Waals surface area contributed by atoms with Crippen molar-refractivity contribution in [2.75, 3.05) is 13.2 Å². The van der Waals surface area contributed by atoms with Gasteiger partial charge in [0.05, 0.1) is 30.0 Å². The molecule has 0 radical (unpaired) electrons. The van der Waals surface area contributed by atoms with Crippen molar-refractivity contribution in [2.45, 2.75) is 120 Å². The van der Waals surface area contributed by atoms with Crippen LogP contribution in [0.3, 0.4) is 0 Å². The number of rotatable bonds is 4. The van der Waals surface area contributed by atoms with Crippen molar-refractivity contribution in [2.24, 2.45) is 28.6 Å². The lowest BCUT2D eigenvalue weighted by molar-refractivity contribution is -0.322. The van der Waals surface area contributed by atoms with Crippen molar-refractivity contribution >= 4 is 5.97 Å². The van der Waals surface area contributed by atoms with Gasteiger partial charge < -0.3 is 44.8 Å². The molecule has 0 bridgehead atoms. The summed E-state index contributed by atoms with van der Waals surface area (Å²) in [6.45, 7) is 3.85. The molecule has 0 aromatic heterocycles. The molecule has 2 aliphatic heterocycles. The summed E-state index contributed by atoms with van der Waals surface area (Å²) in [6, 6.07) is 0. The summed E-state index contributed by atoms with van der Waals surface area (Å²) in [5.74, 6) is -0.387. The highest BCUT2D eigenvalue weighted by atomic mass is 16.7. The highest BCUT2D eigenvalue weighted by Crippen LogP contribution is 2.70. The number of carbonyl (C=O) groups is 1. The predicted molar refractivity (Wildman–Crippen MR) is 136 cm³/mol. The minimum atomic E-state index is -1.41. The van der Waals surface area contributed by atoms with Crippen LogP contribution in [0, 0.1) is 28.6 Å². The summed E-state index contributed by atoms with van der Waals surface area (Å²) in [6.07, 6.45) is 0.474. The molecular weight excluding hydrogens is 508 g/mol. The summed E-state index contributed by atoms with van der Waals surface area (Å²) in [7, 11) is 0. The van der Waals surface area contributed by atoms with Gasteiger partial charge >= 0.3 is 5.97 Å². The Morgan fingerprint density at radius 1 is 0.974 bits per heavy atom. The van der Waals surface area contributed by atoms with Gasteiger partial charge in [0.1, 0.15) is 24.9 Å². The Morgan fingerprint density at radius 3 is 2.41 bits per heavy atom. The van der Waals surface area contributed by atoms with E-state index in [9.17, 15) is 35.4 Å². The molecular formula is C29H44O10. The lowest BCUT2D eigenvalue weighted by Crippen LogP contribution is -2.69. The van der Waals surface area contributed by atoms with E-state index in [0.717, 1.165) is 24.8 Å². The standard InChI is InChI=1S/C29H44O10/c1-15-22(32)23(33)24(34)25(38-15)39-17-3-8-27(14-30)19-4-7-26(2)18(16-11-21(31)37-13-16)6-10-29(26,36)20(19)5-9-28(27,35)12-17/h11,15,17-20,22-25,30,32-36H,3-10,12-14H2,1-2H3/t15-,17+,18-,19+,20+,22-,23+,24-,25-,26-,27+,28+,29+/m1/s1. The fraction of sp³-hybridized carbons (Fsp3) is 0.897. The van der Waals surface area contributed by atoms with Gasteiger partial charge in [-0.05, 0) is 81.6 Å². The van der Waals surface area contributed by atoms with Crippen LogP contribution in [0.5, 0.6) is 0 Å². The molecule has 4 saturated carbocycles. The Labute approximate surface area is 229 Å². The highest BCUT2D eigenvalue weighted by Gasteiger charge is 2.71. The number of aliphatic hydroxyl groups is 6. The molecule has 1 saturated heterocycles. The second-order valence-electron chi connectivity index (χ2n) is 13.6. The molecule has 5 fully saturated rings. The summed E-state index contributed by atoms with van der Waals surface area (Å²) in [5, 5.41) is 66.1. The molecule has 0 amide bonds. The van der Waals surface area contributed by atoms with E-state index in [4.69, 9.17) is 14.2 Å². The number of aliphatic hydroxyl groups excluding tert-OH is 4. The fourth-order valence-corrected chi connectivity index (χ4v) is 9.93. The van der Waals surface area contributed by atoms with Gasteiger partial charge in [0, 0.05) is 23.3 Å². The normalized spacial score (nSPS) is 55.3. The summed E-state index contributed by atoms with van der Waals surface area (Å²) in [5.41, 5.74) is -2.40. The van der Waals surface area contributed by atoms with E-state index < -0.39 is 58.8 Å². The fourth-order valence-electron chi connectivity index (χ4n) is 9.93. The van der Waals surface area contributed by atoms with Crippen LogP contribution in [-0.2, 0) is 19.0 Å². The Bertz CT molecular complexity index is 1020. The molecule has 2 heterocycles. The molecule has 10 heteroatoms. The van der Waals surface area contributed by atoms with Crippen molar-refractivity contribution in [1.82, 2.24) is 0 Å². The van der Waals surface area contributed by atoms with E-state index in [0.29, 0.717) is 38.7 Å². The van der Waals surface area contributed by atoms with Gasteiger partial charge in [-0.2, -0.15) is 0 Å². The predicted octanol–water partition coefficient (Wildman–Crippen LogP) is 0.543. The third-order valence-electron chi connectivity index (χ3n) is 12.2.